The van der Waals surface area contributed by atoms with Crippen molar-refractivity contribution in [3.63, 3.8) is 0 Å². The summed E-state index contributed by atoms with van der Waals surface area (Å²) in [5.41, 5.74) is 1.33. The molecule has 0 bridgehead atoms. The maximum atomic E-state index is 5.43. The van der Waals surface area contributed by atoms with Crippen LogP contribution in [0.4, 0.5) is 0 Å². The summed E-state index contributed by atoms with van der Waals surface area (Å²) in [7, 11) is 1.74. The minimum absolute atomic E-state index is 0.622. The number of ether oxygens (including phenoxy) is 1. The zero-order valence-corrected chi connectivity index (χ0v) is 10.5. The first-order valence-electron chi connectivity index (χ1n) is 5.36. The highest BCUT2D eigenvalue weighted by Crippen LogP contribution is 2.37. The van der Waals surface area contributed by atoms with Crippen LogP contribution in [0.5, 0.6) is 5.75 Å². The average molecular weight is 270 g/mol. The highest BCUT2D eigenvalue weighted by molar-refractivity contribution is 9.10. The van der Waals surface area contributed by atoms with E-state index >= 15 is 0 Å². The van der Waals surface area contributed by atoms with Crippen LogP contribution in [-0.4, -0.2) is 20.2 Å². The average Bonchev–Trinajstić information content (AvgIpc) is 2.29. The summed E-state index contributed by atoms with van der Waals surface area (Å²) in [6.45, 7) is 2.21. The van der Waals surface area contributed by atoms with Crippen LogP contribution in [0.15, 0.2) is 22.7 Å². The molecule has 82 valence electrons. The molecule has 1 aromatic carbocycles. The quantitative estimate of drug-likeness (QED) is 0.892. The van der Waals surface area contributed by atoms with Crippen molar-refractivity contribution >= 4 is 15.9 Å². The van der Waals surface area contributed by atoms with E-state index in [1.807, 2.05) is 12.1 Å². The summed E-state index contributed by atoms with van der Waals surface area (Å²) in [5.74, 6) is 1.63. The number of methoxy groups -OCH3 is 1. The Hall–Kier alpha value is -0.540. The second-order valence-electron chi connectivity index (χ2n) is 3.88. The van der Waals surface area contributed by atoms with Crippen LogP contribution in [0, 0.1) is 0 Å². The van der Waals surface area contributed by atoms with Crippen LogP contribution < -0.4 is 10.1 Å². The highest BCUT2D eigenvalue weighted by Gasteiger charge is 2.20. The van der Waals surface area contributed by atoms with Crippen molar-refractivity contribution in [3.05, 3.63) is 28.2 Å². The number of hydrogen-bond acceptors (Lipinski definition) is 2. The first-order valence-corrected chi connectivity index (χ1v) is 6.15. The third-order valence-electron chi connectivity index (χ3n) is 2.98. The fourth-order valence-corrected chi connectivity index (χ4v) is 2.87. The topological polar surface area (TPSA) is 21.3 Å². The van der Waals surface area contributed by atoms with E-state index in [0.29, 0.717) is 5.92 Å². The van der Waals surface area contributed by atoms with Gasteiger partial charge in [-0.25, -0.2) is 0 Å². The second kappa shape index (κ2) is 4.99. The maximum absolute atomic E-state index is 5.43. The van der Waals surface area contributed by atoms with Gasteiger partial charge in [-0.1, -0.05) is 22.0 Å². The number of rotatable bonds is 2. The molecule has 15 heavy (non-hydrogen) atoms. The molecule has 1 fully saturated rings. The van der Waals surface area contributed by atoms with E-state index in [9.17, 15) is 0 Å². The van der Waals surface area contributed by atoms with Gasteiger partial charge in [0.2, 0.25) is 0 Å². The van der Waals surface area contributed by atoms with E-state index in [2.05, 4.69) is 27.3 Å². The molecule has 2 rings (SSSR count). The van der Waals surface area contributed by atoms with Crippen molar-refractivity contribution in [1.82, 2.24) is 5.32 Å². The van der Waals surface area contributed by atoms with Crippen molar-refractivity contribution in [2.24, 2.45) is 0 Å². The van der Waals surface area contributed by atoms with Gasteiger partial charge >= 0.3 is 0 Å². The lowest BCUT2D eigenvalue weighted by Gasteiger charge is -2.25. The van der Waals surface area contributed by atoms with Crippen LogP contribution >= 0.6 is 15.9 Å². The molecular weight excluding hydrogens is 254 g/mol. The third kappa shape index (κ3) is 2.34. The van der Waals surface area contributed by atoms with Crippen molar-refractivity contribution in [1.29, 1.82) is 0 Å². The molecular formula is C12H16BrNO. The lowest BCUT2D eigenvalue weighted by Crippen LogP contribution is -2.27. The molecule has 1 aromatic rings. The smallest absolute Gasteiger partial charge is 0.123 e. The lowest BCUT2D eigenvalue weighted by molar-refractivity contribution is 0.391. The monoisotopic (exact) mass is 269 g/mol. The molecule has 1 aliphatic heterocycles. The van der Waals surface area contributed by atoms with Gasteiger partial charge in [0, 0.05) is 10.0 Å². The van der Waals surface area contributed by atoms with Crippen molar-refractivity contribution in [2.75, 3.05) is 20.2 Å². The third-order valence-corrected chi connectivity index (χ3v) is 3.67. The fraction of sp³-hybridized carbons (Fsp3) is 0.500. The van der Waals surface area contributed by atoms with Gasteiger partial charge in [-0.2, -0.15) is 0 Å². The zero-order valence-electron chi connectivity index (χ0n) is 8.92. The molecule has 0 atom stereocenters. The van der Waals surface area contributed by atoms with Gasteiger partial charge in [0.25, 0.3) is 0 Å². The summed E-state index contributed by atoms with van der Waals surface area (Å²) >= 11 is 3.62. The van der Waals surface area contributed by atoms with Gasteiger partial charge in [0.15, 0.2) is 0 Å². The molecule has 1 aliphatic rings. The number of halogens is 1. The van der Waals surface area contributed by atoms with Gasteiger partial charge in [-0.05, 0) is 44.0 Å². The number of piperidine rings is 1. The van der Waals surface area contributed by atoms with Crippen LogP contribution in [0.25, 0.3) is 0 Å². The Morgan fingerprint density at radius 1 is 1.33 bits per heavy atom. The predicted octanol–water partition coefficient (Wildman–Crippen LogP) is 2.92. The molecule has 1 saturated heterocycles. The number of hydrogen-bond donors (Lipinski definition) is 1. The highest BCUT2D eigenvalue weighted by atomic mass is 79.9. The standard InChI is InChI=1S/C12H16BrNO/c1-15-11-4-2-3-10(13)12(11)9-5-7-14-8-6-9/h2-4,9,14H,5-8H2,1H3. The van der Waals surface area contributed by atoms with Gasteiger partial charge < -0.3 is 10.1 Å². The van der Waals surface area contributed by atoms with Gasteiger partial charge in [0.1, 0.15) is 5.75 Å². The van der Waals surface area contributed by atoms with Crippen LogP contribution in [0.2, 0.25) is 0 Å². The van der Waals surface area contributed by atoms with Crippen molar-refractivity contribution < 1.29 is 4.74 Å². The van der Waals surface area contributed by atoms with Gasteiger partial charge in [-0.3, -0.25) is 0 Å². The SMILES string of the molecule is COc1cccc(Br)c1C1CCNCC1. The minimum Gasteiger partial charge on any atom is -0.496 e. The Morgan fingerprint density at radius 3 is 2.73 bits per heavy atom. The largest absolute Gasteiger partial charge is 0.496 e. The zero-order chi connectivity index (χ0) is 10.7. The molecule has 1 N–H and O–H groups in total. The summed E-state index contributed by atoms with van der Waals surface area (Å²) in [6.07, 6.45) is 2.39. The molecule has 0 radical (unpaired) electrons. The molecule has 1 heterocycles. The molecule has 0 aromatic heterocycles. The van der Waals surface area contributed by atoms with E-state index < -0.39 is 0 Å². The summed E-state index contributed by atoms with van der Waals surface area (Å²) in [5, 5.41) is 3.39. The maximum Gasteiger partial charge on any atom is 0.123 e. The van der Waals surface area contributed by atoms with Crippen LogP contribution in [0.1, 0.15) is 24.3 Å². The Morgan fingerprint density at radius 2 is 2.07 bits per heavy atom. The van der Waals surface area contributed by atoms with Crippen LogP contribution in [0.3, 0.4) is 0 Å². The summed E-state index contributed by atoms with van der Waals surface area (Å²) in [6, 6.07) is 6.16. The first kappa shape index (κ1) is 11.0. The molecule has 0 aliphatic carbocycles. The molecule has 2 nitrogen and oxygen atoms in total. The molecule has 0 saturated carbocycles. The van der Waals surface area contributed by atoms with E-state index in [4.69, 9.17) is 4.74 Å². The predicted molar refractivity (Wildman–Crippen MR) is 65.5 cm³/mol. The normalized spacial score (nSPS) is 17.7. The Kier molecular flexibility index (Phi) is 3.65. The van der Waals surface area contributed by atoms with Crippen molar-refractivity contribution in [3.8, 4) is 5.75 Å². The minimum atomic E-state index is 0.622. The van der Waals surface area contributed by atoms with E-state index in [1.54, 1.807) is 7.11 Å². The Bertz CT molecular complexity index is 334. The lowest BCUT2D eigenvalue weighted by atomic mass is 9.89. The molecule has 0 unspecified atom stereocenters. The fourth-order valence-electron chi connectivity index (χ4n) is 2.20. The molecule has 0 spiro atoms. The molecule has 0 amide bonds. The Labute approximate surface area is 99.1 Å². The second-order valence-corrected chi connectivity index (χ2v) is 4.73. The Balaban J connectivity index is 2.31. The summed E-state index contributed by atoms with van der Waals surface area (Å²) < 4.78 is 6.60. The van der Waals surface area contributed by atoms with Crippen LogP contribution in [-0.2, 0) is 0 Å². The number of benzene rings is 1. The van der Waals surface area contributed by atoms with Gasteiger partial charge in [-0.15, -0.1) is 0 Å². The van der Waals surface area contributed by atoms with E-state index in [1.165, 1.54) is 22.9 Å². The van der Waals surface area contributed by atoms with E-state index in [0.717, 1.165) is 18.8 Å². The van der Waals surface area contributed by atoms with Gasteiger partial charge in [0.05, 0.1) is 7.11 Å². The van der Waals surface area contributed by atoms with Crippen molar-refractivity contribution in [2.45, 2.75) is 18.8 Å². The summed E-state index contributed by atoms with van der Waals surface area (Å²) in [4.78, 5) is 0. The molecule has 3 heteroatoms. The first-order chi connectivity index (χ1) is 7.33. The number of nitrogens with one attached hydrogen (secondary N) is 1. The van der Waals surface area contributed by atoms with E-state index in [-0.39, 0.29) is 0 Å².